The molecule has 7 nitrogen and oxygen atoms in total. The van der Waals surface area contributed by atoms with Crippen molar-refractivity contribution in [1.82, 2.24) is 24.7 Å². The van der Waals surface area contributed by atoms with Gasteiger partial charge in [-0.1, -0.05) is 24.3 Å². The van der Waals surface area contributed by atoms with Gasteiger partial charge >= 0.3 is 0 Å². The Kier molecular flexibility index (Phi) is 8.31. The monoisotopic (exact) mass is 510 g/mol. The van der Waals surface area contributed by atoms with Crippen molar-refractivity contribution in [3.63, 3.8) is 0 Å². The highest BCUT2D eigenvalue weighted by Gasteiger charge is 2.30. The van der Waals surface area contributed by atoms with E-state index in [2.05, 4.69) is 53.9 Å². The molecule has 0 amide bonds. The van der Waals surface area contributed by atoms with Crippen molar-refractivity contribution < 1.29 is 4.74 Å². The number of morpholine rings is 1. The molecule has 4 rings (SSSR count). The summed E-state index contributed by atoms with van der Waals surface area (Å²) in [7, 11) is 1.87. The fourth-order valence-electron chi connectivity index (χ4n) is 4.12. The first kappa shape index (κ1) is 22.0. The minimum absolute atomic E-state index is 0. The summed E-state index contributed by atoms with van der Waals surface area (Å²) in [6.45, 7) is 7.54. The maximum atomic E-state index is 5.49. The number of aliphatic imine (C=N–C) groups is 1. The van der Waals surface area contributed by atoms with Gasteiger partial charge in [0.2, 0.25) is 0 Å². The van der Waals surface area contributed by atoms with E-state index in [1.54, 1.807) is 0 Å². The number of nitrogens with zero attached hydrogens (tertiary/aromatic N) is 5. The lowest BCUT2D eigenvalue weighted by molar-refractivity contribution is 0.0195. The minimum atomic E-state index is 0. The minimum Gasteiger partial charge on any atom is -0.379 e. The summed E-state index contributed by atoms with van der Waals surface area (Å²) in [5.74, 6) is 0.996. The summed E-state index contributed by atoms with van der Waals surface area (Å²) >= 11 is 0. The molecule has 158 valence electrons. The van der Waals surface area contributed by atoms with Gasteiger partial charge in [-0.25, -0.2) is 4.98 Å². The molecule has 3 heterocycles. The van der Waals surface area contributed by atoms with Crippen LogP contribution in [-0.4, -0.2) is 77.8 Å². The maximum absolute atomic E-state index is 5.49. The normalized spacial score (nSPS) is 20.5. The van der Waals surface area contributed by atoms with Crippen LogP contribution >= 0.6 is 24.0 Å². The number of hydrogen-bond acceptors (Lipinski definition) is 4. The van der Waals surface area contributed by atoms with Gasteiger partial charge < -0.3 is 19.5 Å². The Labute approximate surface area is 190 Å². The Morgan fingerprint density at radius 1 is 1.24 bits per heavy atom. The number of hydrogen-bond donors (Lipinski definition) is 1. The zero-order valence-corrected chi connectivity index (χ0v) is 19.4. The van der Waals surface area contributed by atoms with E-state index in [0.29, 0.717) is 6.04 Å². The number of aromatic nitrogens is 2. The molecule has 2 fully saturated rings. The molecule has 0 saturated carbocycles. The van der Waals surface area contributed by atoms with Crippen molar-refractivity contribution in [2.24, 2.45) is 4.99 Å². The summed E-state index contributed by atoms with van der Waals surface area (Å²) in [6.07, 6.45) is 6.85. The first-order valence-corrected chi connectivity index (χ1v) is 10.1. The molecule has 1 atom stereocenters. The lowest BCUT2D eigenvalue weighted by atomic mass is 10.1. The third-order valence-electron chi connectivity index (χ3n) is 5.60. The van der Waals surface area contributed by atoms with E-state index in [-0.39, 0.29) is 24.0 Å². The van der Waals surface area contributed by atoms with Gasteiger partial charge in [-0.15, -0.1) is 24.0 Å². The van der Waals surface area contributed by atoms with Gasteiger partial charge in [0.05, 0.1) is 19.5 Å². The maximum Gasteiger partial charge on any atom is 0.193 e. The fraction of sp³-hybridized carbons (Fsp3) is 0.524. The number of likely N-dealkylation sites (tertiary alicyclic amines) is 1. The highest BCUT2D eigenvalue weighted by Crippen LogP contribution is 2.17. The van der Waals surface area contributed by atoms with E-state index in [1.165, 1.54) is 17.5 Å². The zero-order chi connectivity index (χ0) is 19.2. The second kappa shape index (κ2) is 10.9. The van der Waals surface area contributed by atoms with Crippen LogP contribution in [-0.2, 0) is 17.8 Å². The molecule has 2 aliphatic rings. The van der Waals surface area contributed by atoms with E-state index in [4.69, 9.17) is 4.74 Å². The molecular weight excluding hydrogens is 479 g/mol. The van der Waals surface area contributed by atoms with E-state index in [9.17, 15) is 0 Å². The van der Waals surface area contributed by atoms with Gasteiger partial charge in [-0.05, 0) is 17.5 Å². The SMILES string of the molecule is CN=C(NCc1cccc(Cn2ccnc2)c1)N1CCC(N2CCOCC2)C1.I. The topological polar surface area (TPSA) is 57.9 Å². The Hall–Kier alpha value is -1.65. The molecule has 0 bridgehead atoms. The molecule has 2 aliphatic heterocycles. The summed E-state index contributed by atoms with van der Waals surface area (Å²) in [5, 5.41) is 3.55. The number of guanidine groups is 1. The van der Waals surface area contributed by atoms with E-state index in [1.807, 2.05) is 25.8 Å². The molecule has 8 heteroatoms. The molecule has 1 aromatic heterocycles. The third kappa shape index (κ3) is 5.93. The van der Waals surface area contributed by atoms with Gasteiger partial charge in [0, 0.05) is 64.8 Å². The third-order valence-corrected chi connectivity index (χ3v) is 5.60. The van der Waals surface area contributed by atoms with Gasteiger partial charge in [0.15, 0.2) is 5.96 Å². The molecule has 29 heavy (non-hydrogen) atoms. The van der Waals surface area contributed by atoms with Gasteiger partial charge in [0.1, 0.15) is 0 Å². The number of ether oxygens (including phenoxy) is 1. The van der Waals surface area contributed by atoms with Crippen molar-refractivity contribution in [3.05, 3.63) is 54.1 Å². The van der Waals surface area contributed by atoms with E-state index in [0.717, 1.165) is 58.4 Å². The first-order chi connectivity index (χ1) is 13.8. The highest BCUT2D eigenvalue weighted by molar-refractivity contribution is 14.0. The molecule has 2 saturated heterocycles. The summed E-state index contributed by atoms with van der Waals surface area (Å²) in [4.78, 5) is 13.6. The quantitative estimate of drug-likeness (QED) is 0.379. The molecule has 0 aliphatic carbocycles. The van der Waals surface area contributed by atoms with Crippen molar-refractivity contribution in [1.29, 1.82) is 0 Å². The van der Waals surface area contributed by atoms with E-state index < -0.39 is 0 Å². The Balaban J connectivity index is 0.00000240. The number of halogens is 1. The second-order valence-corrected chi connectivity index (χ2v) is 7.49. The number of nitrogens with one attached hydrogen (secondary N) is 1. The van der Waals surface area contributed by atoms with Crippen molar-refractivity contribution in [2.75, 3.05) is 46.4 Å². The van der Waals surface area contributed by atoms with Gasteiger partial charge in [-0.3, -0.25) is 9.89 Å². The largest absolute Gasteiger partial charge is 0.379 e. The summed E-state index contributed by atoms with van der Waals surface area (Å²) < 4.78 is 7.57. The van der Waals surface area contributed by atoms with Crippen LogP contribution < -0.4 is 5.32 Å². The first-order valence-electron chi connectivity index (χ1n) is 10.1. The number of benzene rings is 1. The van der Waals surface area contributed by atoms with Gasteiger partial charge in [-0.2, -0.15) is 0 Å². The predicted molar refractivity (Wildman–Crippen MR) is 126 cm³/mol. The Morgan fingerprint density at radius 2 is 2.07 bits per heavy atom. The smallest absolute Gasteiger partial charge is 0.193 e. The number of rotatable bonds is 5. The van der Waals surface area contributed by atoms with Crippen LogP contribution in [0.5, 0.6) is 0 Å². The molecule has 1 unspecified atom stereocenters. The predicted octanol–water partition coefficient (Wildman–Crippen LogP) is 2.03. The Morgan fingerprint density at radius 3 is 2.83 bits per heavy atom. The van der Waals surface area contributed by atoms with Crippen molar-refractivity contribution >= 4 is 29.9 Å². The van der Waals surface area contributed by atoms with Crippen LogP contribution in [0.1, 0.15) is 17.5 Å². The average molecular weight is 510 g/mol. The van der Waals surface area contributed by atoms with Crippen LogP contribution in [0.25, 0.3) is 0 Å². The highest BCUT2D eigenvalue weighted by atomic mass is 127. The molecule has 1 aromatic carbocycles. The molecule has 0 radical (unpaired) electrons. The summed E-state index contributed by atoms with van der Waals surface area (Å²) in [5.41, 5.74) is 2.54. The standard InChI is InChI=1S/C21H30N6O.HI/c1-22-21(27-7-5-20(16-27)26-9-11-28-12-10-26)24-14-18-3-2-4-19(13-18)15-25-8-6-23-17-25;/h2-4,6,8,13,17,20H,5,7,9-12,14-16H2,1H3,(H,22,24);1H. The fourth-order valence-corrected chi connectivity index (χ4v) is 4.12. The molecule has 0 spiro atoms. The zero-order valence-electron chi connectivity index (χ0n) is 17.0. The average Bonchev–Trinajstić information content (AvgIpc) is 3.42. The lowest BCUT2D eigenvalue weighted by Crippen LogP contribution is -2.46. The van der Waals surface area contributed by atoms with E-state index >= 15 is 0 Å². The van der Waals surface area contributed by atoms with Crippen LogP contribution in [0.3, 0.4) is 0 Å². The van der Waals surface area contributed by atoms with Crippen LogP contribution in [0, 0.1) is 0 Å². The lowest BCUT2D eigenvalue weighted by Gasteiger charge is -2.32. The van der Waals surface area contributed by atoms with Crippen molar-refractivity contribution in [2.45, 2.75) is 25.6 Å². The molecular formula is C21H31IN6O. The van der Waals surface area contributed by atoms with Crippen LogP contribution in [0.4, 0.5) is 0 Å². The number of imidazole rings is 1. The van der Waals surface area contributed by atoms with Gasteiger partial charge in [0.25, 0.3) is 0 Å². The molecule has 1 N–H and O–H groups in total. The summed E-state index contributed by atoms with van der Waals surface area (Å²) in [6, 6.07) is 9.31. The Bertz CT molecular complexity index is 775. The van der Waals surface area contributed by atoms with Crippen LogP contribution in [0.15, 0.2) is 48.0 Å². The molecule has 2 aromatic rings. The second-order valence-electron chi connectivity index (χ2n) is 7.49. The van der Waals surface area contributed by atoms with Crippen LogP contribution in [0.2, 0.25) is 0 Å². The van der Waals surface area contributed by atoms with Crippen molar-refractivity contribution in [3.8, 4) is 0 Å².